The van der Waals surface area contributed by atoms with Crippen molar-refractivity contribution in [2.45, 2.75) is 65.7 Å². The zero-order valence-corrected chi connectivity index (χ0v) is 11.6. The molecule has 0 bridgehead atoms. The largest absolute Gasteiger partial charge is 0.281 e. The van der Waals surface area contributed by atoms with Gasteiger partial charge in [0.15, 0.2) is 0 Å². The van der Waals surface area contributed by atoms with Gasteiger partial charge in [0.05, 0.1) is 0 Å². The fourth-order valence-corrected chi connectivity index (χ4v) is 2.80. The van der Waals surface area contributed by atoms with Crippen LogP contribution in [0.25, 0.3) is 0 Å². The van der Waals surface area contributed by atoms with Crippen LogP contribution in [0.3, 0.4) is 0 Å². The fraction of sp³-hybridized carbons (Fsp3) is 0.929. The zero-order valence-electron chi connectivity index (χ0n) is 10.9. The summed E-state index contributed by atoms with van der Waals surface area (Å²) in [5.41, 5.74) is -0.226. The van der Waals surface area contributed by atoms with Crippen molar-refractivity contribution in [2.24, 2.45) is 17.3 Å². The minimum absolute atomic E-state index is 0.131. The first-order valence-electron chi connectivity index (χ1n) is 6.64. The molecule has 0 heterocycles. The lowest BCUT2D eigenvalue weighted by Gasteiger charge is -2.34. The summed E-state index contributed by atoms with van der Waals surface area (Å²) < 4.78 is 0. The van der Waals surface area contributed by atoms with Crippen LogP contribution in [-0.2, 0) is 4.79 Å². The number of carbonyl (C=O) groups excluding carboxylic acids is 1. The third kappa shape index (κ3) is 4.08. The van der Waals surface area contributed by atoms with Gasteiger partial charge in [0.25, 0.3) is 0 Å². The Balaban J connectivity index is 2.24. The van der Waals surface area contributed by atoms with Crippen molar-refractivity contribution < 1.29 is 4.79 Å². The van der Waals surface area contributed by atoms with Crippen molar-refractivity contribution in [3.8, 4) is 0 Å². The summed E-state index contributed by atoms with van der Waals surface area (Å²) in [6, 6.07) is 0. The first-order chi connectivity index (χ1) is 7.44. The van der Waals surface area contributed by atoms with Gasteiger partial charge in [-0.2, -0.15) is 0 Å². The number of hydrogen-bond acceptors (Lipinski definition) is 1. The van der Waals surface area contributed by atoms with E-state index in [0.29, 0.717) is 0 Å². The summed E-state index contributed by atoms with van der Waals surface area (Å²) in [6.45, 7) is 6.58. The molecule has 1 aliphatic rings. The van der Waals surface area contributed by atoms with Crippen LogP contribution in [0.4, 0.5) is 0 Å². The highest BCUT2D eigenvalue weighted by atomic mass is 35.5. The summed E-state index contributed by atoms with van der Waals surface area (Å²) in [7, 11) is 0. The first kappa shape index (κ1) is 14.0. The molecular weight excluding hydrogens is 220 g/mol. The van der Waals surface area contributed by atoms with E-state index >= 15 is 0 Å². The van der Waals surface area contributed by atoms with Crippen LogP contribution in [0.5, 0.6) is 0 Å². The number of carbonyl (C=O) groups is 1. The SMILES string of the molecule is CC(C)CCC[C@H]1CC[C@@](C)(C(=O)Cl)CC1. The average molecular weight is 245 g/mol. The molecule has 94 valence electrons. The van der Waals surface area contributed by atoms with Gasteiger partial charge in [-0.05, 0) is 49.1 Å². The Bertz CT molecular complexity index is 227. The predicted octanol–water partition coefficient (Wildman–Crippen LogP) is 4.77. The molecule has 2 heteroatoms. The molecule has 0 unspecified atom stereocenters. The Morgan fingerprint density at radius 2 is 1.94 bits per heavy atom. The van der Waals surface area contributed by atoms with Crippen molar-refractivity contribution in [1.82, 2.24) is 0 Å². The molecule has 1 fully saturated rings. The molecule has 0 spiro atoms. The van der Waals surface area contributed by atoms with Gasteiger partial charge in [-0.3, -0.25) is 4.79 Å². The summed E-state index contributed by atoms with van der Waals surface area (Å²) in [5.74, 6) is 1.65. The van der Waals surface area contributed by atoms with E-state index in [1.165, 1.54) is 32.1 Å². The number of rotatable bonds is 5. The standard InChI is InChI=1S/C14H25ClO/c1-11(2)5-4-6-12-7-9-14(3,10-8-12)13(15)16/h11-12H,4-10H2,1-3H3/t12-,14+. The van der Waals surface area contributed by atoms with E-state index in [0.717, 1.165) is 24.7 Å². The van der Waals surface area contributed by atoms with E-state index in [4.69, 9.17) is 11.6 Å². The van der Waals surface area contributed by atoms with Crippen LogP contribution >= 0.6 is 11.6 Å². The van der Waals surface area contributed by atoms with Crippen LogP contribution in [0.15, 0.2) is 0 Å². The number of hydrogen-bond donors (Lipinski definition) is 0. The van der Waals surface area contributed by atoms with Crippen LogP contribution in [0, 0.1) is 17.3 Å². The summed E-state index contributed by atoms with van der Waals surface area (Å²) >= 11 is 5.65. The van der Waals surface area contributed by atoms with Crippen molar-refractivity contribution >= 4 is 16.8 Å². The van der Waals surface area contributed by atoms with Crippen molar-refractivity contribution in [3.05, 3.63) is 0 Å². The van der Waals surface area contributed by atoms with E-state index in [1.807, 2.05) is 6.92 Å². The highest BCUT2D eigenvalue weighted by Gasteiger charge is 2.36. The molecule has 0 aromatic rings. The third-order valence-electron chi connectivity index (χ3n) is 4.08. The van der Waals surface area contributed by atoms with Crippen molar-refractivity contribution in [1.29, 1.82) is 0 Å². The molecule has 16 heavy (non-hydrogen) atoms. The van der Waals surface area contributed by atoms with E-state index in [-0.39, 0.29) is 10.7 Å². The second-order valence-electron chi connectivity index (χ2n) is 6.10. The van der Waals surface area contributed by atoms with E-state index in [9.17, 15) is 4.79 Å². The fourth-order valence-electron chi connectivity index (χ4n) is 2.61. The van der Waals surface area contributed by atoms with Crippen LogP contribution in [0.2, 0.25) is 0 Å². The molecule has 0 amide bonds. The Hall–Kier alpha value is -0.0400. The Morgan fingerprint density at radius 1 is 1.38 bits per heavy atom. The minimum atomic E-state index is -0.226. The minimum Gasteiger partial charge on any atom is -0.281 e. The zero-order chi connectivity index (χ0) is 12.2. The highest BCUT2D eigenvalue weighted by Crippen LogP contribution is 2.41. The molecule has 1 nitrogen and oxygen atoms in total. The van der Waals surface area contributed by atoms with Gasteiger partial charge in [0.2, 0.25) is 5.24 Å². The maximum absolute atomic E-state index is 11.3. The molecule has 0 radical (unpaired) electrons. The Morgan fingerprint density at radius 3 is 2.38 bits per heavy atom. The van der Waals surface area contributed by atoms with Gasteiger partial charge in [-0.1, -0.05) is 40.0 Å². The van der Waals surface area contributed by atoms with Gasteiger partial charge in [0, 0.05) is 5.41 Å². The van der Waals surface area contributed by atoms with Crippen LogP contribution in [0.1, 0.15) is 65.7 Å². The molecule has 1 aliphatic carbocycles. The van der Waals surface area contributed by atoms with E-state index in [1.54, 1.807) is 0 Å². The summed E-state index contributed by atoms with van der Waals surface area (Å²) in [6.07, 6.45) is 8.37. The molecule has 0 aromatic heterocycles. The lowest BCUT2D eigenvalue weighted by atomic mass is 9.71. The highest BCUT2D eigenvalue weighted by molar-refractivity contribution is 6.64. The van der Waals surface area contributed by atoms with Crippen molar-refractivity contribution in [2.75, 3.05) is 0 Å². The van der Waals surface area contributed by atoms with Crippen LogP contribution < -0.4 is 0 Å². The van der Waals surface area contributed by atoms with Crippen molar-refractivity contribution in [3.63, 3.8) is 0 Å². The van der Waals surface area contributed by atoms with Gasteiger partial charge in [0.1, 0.15) is 0 Å². The topological polar surface area (TPSA) is 17.1 Å². The molecule has 1 saturated carbocycles. The predicted molar refractivity (Wildman–Crippen MR) is 69.6 cm³/mol. The monoisotopic (exact) mass is 244 g/mol. The maximum atomic E-state index is 11.3. The molecule has 0 N–H and O–H groups in total. The van der Waals surface area contributed by atoms with Gasteiger partial charge >= 0.3 is 0 Å². The third-order valence-corrected chi connectivity index (χ3v) is 4.53. The molecule has 0 aromatic carbocycles. The average Bonchev–Trinajstić information content (AvgIpc) is 2.20. The molecule has 0 saturated heterocycles. The Labute approximate surface area is 105 Å². The summed E-state index contributed by atoms with van der Waals surface area (Å²) in [5, 5.41) is -0.131. The smallest absolute Gasteiger partial charge is 0.227 e. The normalized spacial score (nSPS) is 30.7. The van der Waals surface area contributed by atoms with Gasteiger partial charge < -0.3 is 0 Å². The maximum Gasteiger partial charge on any atom is 0.227 e. The second kappa shape index (κ2) is 6.05. The van der Waals surface area contributed by atoms with Gasteiger partial charge in [-0.25, -0.2) is 0 Å². The first-order valence-corrected chi connectivity index (χ1v) is 7.02. The lowest BCUT2D eigenvalue weighted by Crippen LogP contribution is -2.29. The summed E-state index contributed by atoms with van der Waals surface area (Å²) in [4.78, 5) is 11.3. The number of halogens is 1. The van der Waals surface area contributed by atoms with E-state index in [2.05, 4.69) is 13.8 Å². The molecule has 1 rings (SSSR count). The molecule has 0 atom stereocenters. The molecule has 0 aliphatic heterocycles. The Kier molecular flexibility index (Phi) is 5.30. The van der Waals surface area contributed by atoms with E-state index < -0.39 is 0 Å². The lowest BCUT2D eigenvalue weighted by molar-refractivity contribution is -0.121. The van der Waals surface area contributed by atoms with Crippen LogP contribution in [-0.4, -0.2) is 5.24 Å². The second-order valence-corrected chi connectivity index (χ2v) is 6.45. The van der Waals surface area contributed by atoms with Gasteiger partial charge in [-0.15, -0.1) is 0 Å². The quantitative estimate of drug-likeness (QED) is 0.637. The molecular formula is C14H25ClO.